The first-order valence-electron chi connectivity index (χ1n) is 7.25. The molecule has 0 spiro atoms. The van der Waals surface area contributed by atoms with E-state index in [9.17, 15) is 8.42 Å². The Labute approximate surface area is 132 Å². The average molecular weight is 319 g/mol. The van der Waals surface area contributed by atoms with Gasteiger partial charge in [-0.2, -0.15) is 0 Å². The van der Waals surface area contributed by atoms with E-state index < -0.39 is 10.0 Å². The number of hydrogen-bond donors (Lipinski definition) is 1. The molecule has 0 bridgehead atoms. The van der Waals surface area contributed by atoms with Crippen LogP contribution in [0.3, 0.4) is 0 Å². The summed E-state index contributed by atoms with van der Waals surface area (Å²) in [5.74, 6) is 0.732. The van der Waals surface area contributed by atoms with E-state index in [4.69, 9.17) is 4.74 Å². The largest absolute Gasteiger partial charge is 0.494 e. The number of sulfonamides is 1. The maximum absolute atomic E-state index is 12.4. The minimum absolute atomic E-state index is 0.266. The van der Waals surface area contributed by atoms with Crippen LogP contribution in [-0.4, -0.2) is 15.0 Å². The van der Waals surface area contributed by atoms with Gasteiger partial charge < -0.3 is 4.74 Å². The number of nitrogens with one attached hydrogen (secondary N) is 1. The molecule has 0 saturated heterocycles. The summed E-state index contributed by atoms with van der Waals surface area (Å²) in [4.78, 5) is 0.266. The van der Waals surface area contributed by atoms with Gasteiger partial charge in [0.2, 0.25) is 0 Å². The summed E-state index contributed by atoms with van der Waals surface area (Å²) in [6, 6.07) is 12.0. The molecule has 0 saturated carbocycles. The van der Waals surface area contributed by atoms with Crippen molar-refractivity contribution in [3.05, 3.63) is 53.6 Å². The third-order valence-electron chi connectivity index (χ3n) is 3.37. The standard InChI is InChI=1S/C17H21NO3S/c1-4-11-21-16-8-6-15(7-9-16)18-22(19,20)17-10-5-13(2)14(3)12-17/h5-10,12,18H,4,11H2,1-3H3. The van der Waals surface area contributed by atoms with Crippen LogP contribution >= 0.6 is 0 Å². The molecule has 0 amide bonds. The molecule has 5 heteroatoms. The van der Waals surface area contributed by atoms with Gasteiger partial charge in [-0.1, -0.05) is 13.0 Å². The van der Waals surface area contributed by atoms with Crippen LogP contribution in [0.5, 0.6) is 5.75 Å². The van der Waals surface area contributed by atoms with Crippen molar-refractivity contribution in [3.8, 4) is 5.75 Å². The predicted octanol–water partition coefficient (Wildman–Crippen LogP) is 3.89. The molecule has 22 heavy (non-hydrogen) atoms. The number of ether oxygens (including phenoxy) is 1. The lowest BCUT2D eigenvalue weighted by Crippen LogP contribution is -2.13. The minimum atomic E-state index is -3.57. The Bertz CT molecular complexity index is 737. The highest BCUT2D eigenvalue weighted by Crippen LogP contribution is 2.21. The molecule has 2 aromatic carbocycles. The molecule has 2 aromatic rings. The van der Waals surface area contributed by atoms with Crippen LogP contribution in [0.2, 0.25) is 0 Å². The fraction of sp³-hybridized carbons (Fsp3) is 0.294. The topological polar surface area (TPSA) is 55.4 Å². The molecule has 0 radical (unpaired) electrons. The van der Waals surface area contributed by atoms with Crippen molar-refractivity contribution in [2.45, 2.75) is 32.1 Å². The molecule has 0 unspecified atom stereocenters. The Hall–Kier alpha value is -2.01. The molecular weight excluding hydrogens is 298 g/mol. The fourth-order valence-corrected chi connectivity index (χ4v) is 3.08. The second kappa shape index (κ2) is 6.83. The first-order chi connectivity index (χ1) is 10.4. The quantitative estimate of drug-likeness (QED) is 0.878. The Morgan fingerprint density at radius 3 is 2.27 bits per heavy atom. The second-order valence-electron chi connectivity index (χ2n) is 5.22. The highest BCUT2D eigenvalue weighted by Gasteiger charge is 2.14. The van der Waals surface area contributed by atoms with Gasteiger partial charge in [-0.05, 0) is 67.8 Å². The number of benzene rings is 2. The molecule has 4 nitrogen and oxygen atoms in total. The van der Waals surface area contributed by atoms with Gasteiger partial charge in [0.1, 0.15) is 5.75 Å². The summed E-state index contributed by atoms with van der Waals surface area (Å²) >= 11 is 0. The Kier molecular flexibility index (Phi) is 5.08. The molecule has 0 atom stereocenters. The van der Waals surface area contributed by atoms with E-state index >= 15 is 0 Å². The average Bonchev–Trinajstić information content (AvgIpc) is 2.49. The summed E-state index contributed by atoms with van der Waals surface area (Å²) in [5, 5.41) is 0. The number of hydrogen-bond acceptors (Lipinski definition) is 3. The lowest BCUT2D eigenvalue weighted by molar-refractivity contribution is 0.317. The van der Waals surface area contributed by atoms with E-state index in [0.717, 1.165) is 23.3 Å². The highest BCUT2D eigenvalue weighted by atomic mass is 32.2. The van der Waals surface area contributed by atoms with Crippen molar-refractivity contribution in [2.24, 2.45) is 0 Å². The van der Waals surface area contributed by atoms with E-state index in [1.165, 1.54) is 0 Å². The number of rotatable bonds is 6. The van der Waals surface area contributed by atoms with E-state index in [1.807, 2.05) is 26.8 Å². The maximum atomic E-state index is 12.4. The van der Waals surface area contributed by atoms with E-state index in [2.05, 4.69) is 4.72 Å². The highest BCUT2D eigenvalue weighted by molar-refractivity contribution is 7.92. The van der Waals surface area contributed by atoms with Crippen molar-refractivity contribution >= 4 is 15.7 Å². The third kappa shape index (κ3) is 4.01. The molecule has 1 N–H and O–H groups in total. The molecule has 0 aliphatic rings. The SMILES string of the molecule is CCCOc1ccc(NS(=O)(=O)c2ccc(C)c(C)c2)cc1. The van der Waals surface area contributed by atoms with Gasteiger partial charge in [-0.3, -0.25) is 4.72 Å². The van der Waals surface area contributed by atoms with Crippen LogP contribution in [0, 0.1) is 13.8 Å². The van der Waals surface area contributed by atoms with E-state index in [-0.39, 0.29) is 4.90 Å². The van der Waals surface area contributed by atoms with Gasteiger partial charge in [0.15, 0.2) is 0 Å². The Balaban J connectivity index is 2.16. The van der Waals surface area contributed by atoms with Crippen LogP contribution in [0.4, 0.5) is 5.69 Å². The van der Waals surface area contributed by atoms with Gasteiger partial charge in [-0.25, -0.2) is 8.42 Å². The van der Waals surface area contributed by atoms with Gasteiger partial charge in [0.05, 0.1) is 11.5 Å². The van der Waals surface area contributed by atoms with Crippen LogP contribution in [0.1, 0.15) is 24.5 Å². The van der Waals surface area contributed by atoms with Gasteiger partial charge in [0, 0.05) is 5.69 Å². The number of anilines is 1. The van der Waals surface area contributed by atoms with Gasteiger partial charge in [-0.15, -0.1) is 0 Å². The van der Waals surface area contributed by atoms with Gasteiger partial charge in [0.25, 0.3) is 10.0 Å². The molecule has 0 aliphatic carbocycles. The zero-order chi connectivity index (χ0) is 16.2. The maximum Gasteiger partial charge on any atom is 0.261 e. The monoisotopic (exact) mass is 319 g/mol. The summed E-state index contributed by atoms with van der Waals surface area (Å²) in [6.45, 7) is 6.53. The third-order valence-corrected chi connectivity index (χ3v) is 4.75. The zero-order valence-electron chi connectivity index (χ0n) is 13.1. The summed E-state index contributed by atoms with van der Waals surface area (Å²) in [7, 11) is -3.57. The molecule has 0 heterocycles. The molecular formula is C17H21NO3S. The molecule has 118 valence electrons. The minimum Gasteiger partial charge on any atom is -0.494 e. The van der Waals surface area contributed by atoms with Gasteiger partial charge >= 0.3 is 0 Å². The number of aryl methyl sites for hydroxylation is 2. The smallest absolute Gasteiger partial charge is 0.261 e. The first-order valence-corrected chi connectivity index (χ1v) is 8.73. The summed E-state index contributed by atoms with van der Waals surface area (Å²) in [5.41, 5.74) is 2.53. The Morgan fingerprint density at radius 2 is 1.68 bits per heavy atom. The van der Waals surface area contributed by atoms with E-state index in [0.29, 0.717) is 12.3 Å². The second-order valence-corrected chi connectivity index (χ2v) is 6.91. The fourth-order valence-electron chi connectivity index (χ4n) is 1.93. The van der Waals surface area contributed by atoms with Crippen molar-refractivity contribution in [2.75, 3.05) is 11.3 Å². The van der Waals surface area contributed by atoms with Crippen molar-refractivity contribution in [3.63, 3.8) is 0 Å². The lowest BCUT2D eigenvalue weighted by Gasteiger charge is -2.10. The zero-order valence-corrected chi connectivity index (χ0v) is 13.9. The van der Waals surface area contributed by atoms with Crippen molar-refractivity contribution in [1.29, 1.82) is 0 Å². The summed E-state index contributed by atoms with van der Waals surface area (Å²) in [6.07, 6.45) is 0.932. The first kappa shape index (κ1) is 16.4. The van der Waals surface area contributed by atoms with Crippen molar-refractivity contribution in [1.82, 2.24) is 0 Å². The molecule has 2 rings (SSSR count). The molecule has 0 aliphatic heterocycles. The molecule has 0 fully saturated rings. The Morgan fingerprint density at radius 1 is 1.00 bits per heavy atom. The summed E-state index contributed by atoms with van der Waals surface area (Å²) < 4.78 is 32.8. The van der Waals surface area contributed by atoms with E-state index in [1.54, 1.807) is 36.4 Å². The normalized spacial score (nSPS) is 11.2. The predicted molar refractivity (Wildman–Crippen MR) is 89.0 cm³/mol. The van der Waals surface area contributed by atoms with Crippen molar-refractivity contribution < 1.29 is 13.2 Å². The lowest BCUT2D eigenvalue weighted by atomic mass is 10.1. The van der Waals surface area contributed by atoms with Crippen LogP contribution in [0.25, 0.3) is 0 Å². The van der Waals surface area contributed by atoms with Crippen LogP contribution < -0.4 is 9.46 Å². The van der Waals surface area contributed by atoms with Crippen LogP contribution in [0.15, 0.2) is 47.4 Å². The molecule has 0 aromatic heterocycles. The van der Waals surface area contributed by atoms with Crippen LogP contribution in [-0.2, 0) is 10.0 Å².